The number of thiocarbonyl (C=S) groups is 1. The molecule has 0 spiro atoms. The van der Waals surface area contributed by atoms with E-state index in [-0.39, 0.29) is 10.1 Å². The van der Waals surface area contributed by atoms with Gasteiger partial charge in [0.2, 0.25) is 0 Å². The Balaban J connectivity index is 2.35. The lowest BCUT2D eigenvalue weighted by Crippen LogP contribution is -2.29. The predicted molar refractivity (Wildman–Crippen MR) is 71.8 cm³/mol. The summed E-state index contributed by atoms with van der Waals surface area (Å²) in [7, 11) is 0. The number of carbonyl (C=O) groups excluding carboxylic acids is 1. The molecule has 0 aliphatic carbocycles. The van der Waals surface area contributed by atoms with Gasteiger partial charge in [-0.05, 0) is 24.3 Å². The first-order valence-electron chi connectivity index (χ1n) is 4.04. The van der Waals surface area contributed by atoms with E-state index in [0.717, 1.165) is 5.69 Å². The fraction of sp³-hybridized carbons (Fsp3) is 0.111. The Kier molecular flexibility index (Phi) is 3.35. The van der Waals surface area contributed by atoms with Crippen molar-refractivity contribution in [1.29, 1.82) is 0 Å². The average Bonchev–Trinajstić information content (AvgIpc) is 2.44. The van der Waals surface area contributed by atoms with Crippen LogP contribution in [0.3, 0.4) is 0 Å². The Morgan fingerprint density at radius 3 is 2.47 bits per heavy atom. The van der Waals surface area contributed by atoms with Gasteiger partial charge in [-0.3, -0.25) is 9.69 Å². The molecule has 2 nitrogen and oxygen atoms in total. The van der Waals surface area contributed by atoms with Gasteiger partial charge < -0.3 is 0 Å². The van der Waals surface area contributed by atoms with Crippen LogP contribution in [0.4, 0.5) is 5.69 Å². The van der Waals surface area contributed by atoms with Gasteiger partial charge in [-0.15, -0.1) is 0 Å². The number of benzene rings is 1. The molecule has 1 aliphatic rings. The molecule has 1 aliphatic heterocycles. The molecule has 1 fully saturated rings. The number of rotatable bonds is 1. The number of hydrogen-bond donors (Lipinski definition) is 0. The first-order chi connectivity index (χ1) is 7.09. The van der Waals surface area contributed by atoms with E-state index in [2.05, 4.69) is 15.9 Å². The van der Waals surface area contributed by atoms with Crippen LogP contribution in [0.25, 0.3) is 0 Å². The number of hydrogen-bond acceptors (Lipinski definition) is 3. The van der Waals surface area contributed by atoms with Gasteiger partial charge in [-0.2, -0.15) is 0 Å². The van der Waals surface area contributed by atoms with E-state index in [1.807, 2.05) is 0 Å². The number of carbonyl (C=O) groups is 1. The zero-order chi connectivity index (χ0) is 11.0. The largest absolute Gasteiger partial charge is 0.272 e. The molecular weight excluding hydrogens is 318 g/mol. The molecule has 15 heavy (non-hydrogen) atoms. The molecule has 0 bridgehead atoms. The Morgan fingerprint density at radius 1 is 1.40 bits per heavy atom. The third-order valence-corrected chi connectivity index (χ3v) is 4.35. The summed E-state index contributed by atoms with van der Waals surface area (Å²) in [6, 6.07) is 7.02. The maximum Gasteiger partial charge on any atom is 0.256 e. The highest BCUT2D eigenvalue weighted by molar-refractivity contribution is 9.12. The van der Waals surface area contributed by atoms with E-state index in [1.54, 1.807) is 24.3 Å². The van der Waals surface area contributed by atoms with Crippen LogP contribution in [-0.4, -0.2) is 14.4 Å². The lowest BCUT2D eigenvalue weighted by atomic mass is 10.3. The third kappa shape index (κ3) is 2.20. The second kappa shape index (κ2) is 4.41. The Morgan fingerprint density at radius 2 is 2.00 bits per heavy atom. The van der Waals surface area contributed by atoms with Gasteiger partial charge in [0.1, 0.15) is 8.48 Å². The standard InChI is InChI=1S/C9H5BrClNOS2/c10-7-8(13)12(9(14)15-7)6-3-1-5(11)2-4-6/h1-4,7H/t7-/m0/s1. The normalized spacial score (nSPS) is 21.2. The highest BCUT2D eigenvalue weighted by Gasteiger charge is 2.35. The van der Waals surface area contributed by atoms with Crippen LogP contribution in [0, 0.1) is 0 Å². The number of alkyl halides is 1. The number of halogens is 2. The summed E-state index contributed by atoms with van der Waals surface area (Å²) in [6.45, 7) is 0. The molecule has 0 unspecified atom stereocenters. The predicted octanol–water partition coefficient (Wildman–Crippen LogP) is 3.43. The molecule has 1 aromatic rings. The van der Waals surface area contributed by atoms with E-state index in [1.165, 1.54) is 16.7 Å². The Hall–Kier alpha value is -0.100. The number of thioether (sulfide) groups is 1. The van der Waals surface area contributed by atoms with Gasteiger partial charge >= 0.3 is 0 Å². The van der Waals surface area contributed by atoms with Crippen LogP contribution in [0.15, 0.2) is 24.3 Å². The maximum absolute atomic E-state index is 11.7. The smallest absolute Gasteiger partial charge is 0.256 e. The molecule has 1 saturated heterocycles. The fourth-order valence-corrected chi connectivity index (χ4v) is 3.61. The lowest BCUT2D eigenvalue weighted by molar-refractivity contribution is -0.115. The van der Waals surface area contributed by atoms with Crippen molar-refractivity contribution < 1.29 is 4.79 Å². The van der Waals surface area contributed by atoms with Crippen LogP contribution >= 0.6 is 51.5 Å². The molecule has 0 N–H and O–H groups in total. The van der Waals surface area contributed by atoms with Crippen molar-refractivity contribution >= 4 is 67.4 Å². The summed E-state index contributed by atoms with van der Waals surface area (Å²) < 4.78 is 0.282. The van der Waals surface area contributed by atoms with Crippen LogP contribution in [0.2, 0.25) is 5.02 Å². The van der Waals surface area contributed by atoms with Gasteiger partial charge in [-0.25, -0.2) is 0 Å². The van der Waals surface area contributed by atoms with E-state index in [0.29, 0.717) is 9.34 Å². The van der Waals surface area contributed by atoms with Gasteiger partial charge in [0.05, 0.1) is 5.69 Å². The second-order valence-electron chi connectivity index (χ2n) is 2.85. The van der Waals surface area contributed by atoms with Crippen molar-refractivity contribution in [3.63, 3.8) is 0 Å². The molecule has 1 atom stereocenters. The summed E-state index contributed by atoms with van der Waals surface area (Å²) in [5.74, 6) is -0.0488. The van der Waals surface area contributed by atoms with Gasteiger partial charge in [0, 0.05) is 5.02 Å². The van der Waals surface area contributed by atoms with Crippen molar-refractivity contribution in [1.82, 2.24) is 0 Å². The lowest BCUT2D eigenvalue weighted by Gasteiger charge is -2.14. The second-order valence-corrected chi connectivity index (χ2v) is 6.55. The van der Waals surface area contributed by atoms with Crippen molar-refractivity contribution in [3.05, 3.63) is 29.3 Å². The first-order valence-corrected chi connectivity index (χ1v) is 6.62. The number of nitrogens with zero attached hydrogens (tertiary/aromatic N) is 1. The van der Waals surface area contributed by atoms with Crippen LogP contribution in [-0.2, 0) is 4.79 Å². The SMILES string of the molecule is O=C1[C@@H](Br)SC(=S)N1c1ccc(Cl)cc1. The van der Waals surface area contributed by atoms with Crippen molar-refractivity contribution in [2.75, 3.05) is 4.90 Å². The maximum atomic E-state index is 11.7. The quantitative estimate of drug-likeness (QED) is 0.583. The molecule has 1 aromatic carbocycles. The summed E-state index contributed by atoms with van der Waals surface area (Å²) in [4.78, 5) is 13.2. The molecule has 0 radical (unpaired) electrons. The fourth-order valence-electron chi connectivity index (χ4n) is 1.21. The molecule has 0 aromatic heterocycles. The van der Waals surface area contributed by atoms with Gasteiger partial charge in [-0.1, -0.05) is 51.5 Å². The molecule has 6 heteroatoms. The molecular formula is C9H5BrClNOS2. The van der Waals surface area contributed by atoms with Gasteiger partial charge in [0.15, 0.2) is 0 Å². The summed E-state index contributed by atoms with van der Waals surface area (Å²) in [6.07, 6.45) is 0. The van der Waals surface area contributed by atoms with E-state index in [9.17, 15) is 4.79 Å². The van der Waals surface area contributed by atoms with Crippen LogP contribution < -0.4 is 4.90 Å². The highest BCUT2D eigenvalue weighted by Crippen LogP contribution is 2.35. The minimum Gasteiger partial charge on any atom is -0.272 e. The highest BCUT2D eigenvalue weighted by atomic mass is 79.9. The average molecular weight is 323 g/mol. The molecule has 1 heterocycles. The van der Waals surface area contributed by atoms with E-state index >= 15 is 0 Å². The Bertz CT molecular complexity index is 423. The number of anilines is 1. The molecule has 2 rings (SSSR count). The number of amides is 1. The first kappa shape index (κ1) is 11.4. The van der Waals surface area contributed by atoms with Crippen molar-refractivity contribution in [3.8, 4) is 0 Å². The molecule has 0 saturated carbocycles. The monoisotopic (exact) mass is 321 g/mol. The summed E-state index contributed by atoms with van der Waals surface area (Å²) in [5, 5.41) is 0.638. The summed E-state index contributed by atoms with van der Waals surface area (Å²) in [5.41, 5.74) is 0.754. The van der Waals surface area contributed by atoms with Crippen LogP contribution in [0.5, 0.6) is 0 Å². The zero-order valence-electron chi connectivity index (χ0n) is 7.31. The zero-order valence-corrected chi connectivity index (χ0v) is 11.3. The van der Waals surface area contributed by atoms with Crippen LogP contribution in [0.1, 0.15) is 0 Å². The van der Waals surface area contributed by atoms with Crippen molar-refractivity contribution in [2.45, 2.75) is 4.16 Å². The van der Waals surface area contributed by atoms with Gasteiger partial charge in [0.25, 0.3) is 5.91 Å². The van der Waals surface area contributed by atoms with E-state index in [4.69, 9.17) is 23.8 Å². The Labute approximate surface area is 110 Å². The molecule has 78 valence electrons. The minimum atomic E-state index is -0.277. The van der Waals surface area contributed by atoms with E-state index < -0.39 is 0 Å². The molecule has 1 amide bonds. The third-order valence-electron chi connectivity index (χ3n) is 1.89. The topological polar surface area (TPSA) is 20.3 Å². The minimum absolute atomic E-state index is 0.0488. The van der Waals surface area contributed by atoms with Crippen molar-refractivity contribution in [2.24, 2.45) is 0 Å². The summed E-state index contributed by atoms with van der Waals surface area (Å²) >= 11 is 15.5.